The van der Waals surface area contributed by atoms with Gasteiger partial charge >= 0.3 is 0 Å². The standard InChI is InChI=1S/C18H14N4O3/c23-18(12-2-1-7-19-9-12)22-17-6-4-14(10-20-17)21-13-3-5-15-16(8-13)25-11-24-15/h1-10,21H,11H2,(H,20,22,23). The van der Waals surface area contributed by atoms with E-state index in [-0.39, 0.29) is 12.7 Å². The van der Waals surface area contributed by atoms with Crippen LogP contribution in [0.15, 0.2) is 61.1 Å². The smallest absolute Gasteiger partial charge is 0.258 e. The zero-order valence-corrected chi connectivity index (χ0v) is 13.1. The van der Waals surface area contributed by atoms with Crippen molar-refractivity contribution in [3.8, 4) is 11.5 Å². The summed E-state index contributed by atoms with van der Waals surface area (Å²) in [6.45, 7) is 0.242. The van der Waals surface area contributed by atoms with Crippen LogP contribution in [0.25, 0.3) is 0 Å². The van der Waals surface area contributed by atoms with E-state index < -0.39 is 0 Å². The first kappa shape index (κ1) is 14.9. The van der Waals surface area contributed by atoms with Gasteiger partial charge in [-0.3, -0.25) is 9.78 Å². The zero-order valence-electron chi connectivity index (χ0n) is 13.1. The number of hydrogen-bond acceptors (Lipinski definition) is 6. The number of amides is 1. The molecule has 124 valence electrons. The Bertz CT molecular complexity index is 898. The molecule has 4 rings (SSSR count). The first-order valence-corrected chi connectivity index (χ1v) is 7.62. The van der Waals surface area contributed by atoms with Crippen LogP contribution in [0, 0.1) is 0 Å². The van der Waals surface area contributed by atoms with Crippen LogP contribution >= 0.6 is 0 Å². The Labute approximate surface area is 143 Å². The number of nitrogens with one attached hydrogen (secondary N) is 2. The monoisotopic (exact) mass is 334 g/mol. The molecule has 3 heterocycles. The molecule has 0 saturated carbocycles. The number of carbonyl (C=O) groups excluding carboxylic acids is 1. The van der Waals surface area contributed by atoms with Crippen LogP contribution in [0.4, 0.5) is 17.2 Å². The predicted octanol–water partition coefficient (Wildman–Crippen LogP) is 3.20. The molecule has 2 aromatic heterocycles. The second-order valence-electron chi connectivity index (χ2n) is 5.32. The molecule has 3 aromatic rings. The third-order valence-electron chi connectivity index (χ3n) is 3.59. The van der Waals surface area contributed by atoms with Crippen molar-refractivity contribution in [2.45, 2.75) is 0 Å². The maximum absolute atomic E-state index is 12.1. The number of nitrogens with zero attached hydrogens (tertiary/aromatic N) is 2. The van der Waals surface area contributed by atoms with Crippen molar-refractivity contribution in [3.63, 3.8) is 0 Å². The molecule has 7 nitrogen and oxygen atoms in total. The Kier molecular flexibility index (Phi) is 3.88. The number of pyridine rings is 2. The highest BCUT2D eigenvalue weighted by atomic mass is 16.7. The molecule has 7 heteroatoms. The summed E-state index contributed by atoms with van der Waals surface area (Å²) in [5, 5.41) is 5.95. The van der Waals surface area contributed by atoms with Gasteiger partial charge in [0.25, 0.3) is 5.91 Å². The zero-order chi connectivity index (χ0) is 17.1. The number of benzene rings is 1. The van der Waals surface area contributed by atoms with Crippen LogP contribution in [0.2, 0.25) is 0 Å². The molecule has 0 aliphatic carbocycles. The van der Waals surface area contributed by atoms with Crippen molar-refractivity contribution in [2.75, 3.05) is 17.4 Å². The summed E-state index contributed by atoms with van der Waals surface area (Å²) in [5.74, 6) is 1.65. The summed E-state index contributed by atoms with van der Waals surface area (Å²) in [5.41, 5.74) is 2.13. The van der Waals surface area contributed by atoms with Crippen molar-refractivity contribution >= 4 is 23.1 Å². The van der Waals surface area contributed by atoms with E-state index in [0.717, 1.165) is 17.1 Å². The van der Waals surface area contributed by atoms with Gasteiger partial charge in [-0.05, 0) is 36.4 Å². The van der Waals surface area contributed by atoms with Crippen LogP contribution in [0.5, 0.6) is 11.5 Å². The number of carbonyl (C=O) groups is 1. The van der Waals surface area contributed by atoms with E-state index >= 15 is 0 Å². The van der Waals surface area contributed by atoms with Gasteiger partial charge in [-0.25, -0.2) is 4.98 Å². The third-order valence-corrected chi connectivity index (χ3v) is 3.59. The van der Waals surface area contributed by atoms with E-state index in [1.165, 1.54) is 6.20 Å². The summed E-state index contributed by atoms with van der Waals surface area (Å²) in [6, 6.07) is 12.6. The van der Waals surface area contributed by atoms with Gasteiger partial charge in [0.2, 0.25) is 6.79 Å². The van der Waals surface area contributed by atoms with Crippen LogP contribution in [0.1, 0.15) is 10.4 Å². The molecule has 0 spiro atoms. The molecule has 0 bridgehead atoms. The lowest BCUT2D eigenvalue weighted by Crippen LogP contribution is -2.13. The molecule has 0 fully saturated rings. The second-order valence-corrected chi connectivity index (χ2v) is 5.32. The topological polar surface area (TPSA) is 85.4 Å². The largest absolute Gasteiger partial charge is 0.454 e. The van der Waals surface area contributed by atoms with Gasteiger partial charge in [0.15, 0.2) is 11.5 Å². The van der Waals surface area contributed by atoms with Crippen molar-refractivity contribution in [2.24, 2.45) is 0 Å². The third kappa shape index (κ3) is 3.35. The van der Waals surface area contributed by atoms with Crippen LogP contribution in [0.3, 0.4) is 0 Å². The summed E-state index contributed by atoms with van der Waals surface area (Å²) < 4.78 is 10.6. The number of rotatable bonds is 4. The Morgan fingerprint density at radius 3 is 2.68 bits per heavy atom. The van der Waals surface area contributed by atoms with Gasteiger partial charge in [0.05, 0.1) is 17.4 Å². The lowest BCUT2D eigenvalue weighted by molar-refractivity contribution is 0.102. The second kappa shape index (κ2) is 6.48. The molecule has 1 aliphatic rings. The first-order valence-electron chi connectivity index (χ1n) is 7.62. The Balaban J connectivity index is 1.42. The number of aromatic nitrogens is 2. The minimum absolute atomic E-state index is 0.242. The van der Waals surface area contributed by atoms with Crippen molar-refractivity contribution in [1.29, 1.82) is 0 Å². The molecule has 25 heavy (non-hydrogen) atoms. The molecule has 1 amide bonds. The van der Waals surface area contributed by atoms with Gasteiger partial charge in [0, 0.05) is 24.1 Å². The Morgan fingerprint density at radius 1 is 1.00 bits per heavy atom. The van der Waals surface area contributed by atoms with E-state index in [0.29, 0.717) is 17.1 Å². The van der Waals surface area contributed by atoms with Crippen LogP contribution in [-0.4, -0.2) is 22.7 Å². The molecule has 0 atom stereocenters. The predicted molar refractivity (Wildman–Crippen MR) is 92.3 cm³/mol. The number of hydrogen-bond donors (Lipinski definition) is 2. The molecule has 1 aromatic carbocycles. The molecule has 2 N–H and O–H groups in total. The van der Waals surface area contributed by atoms with Crippen molar-refractivity contribution in [1.82, 2.24) is 9.97 Å². The molecular weight excluding hydrogens is 320 g/mol. The average Bonchev–Trinajstić information content (AvgIpc) is 3.12. The fourth-order valence-corrected chi connectivity index (χ4v) is 2.37. The quantitative estimate of drug-likeness (QED) is 0.762. The number of anilines is 3. The van der Waals surface area contributed by atoms with Crippen LogP contribution < -0.4 is 20.1 Å². The SMILES string of the molecule is O=C(Nc1ccc(Nc2ccc3c(c2)OCO3)cn1)c1cccnc1. The summed E-state index contributed by atoms with van der Waals surface area (Å²) in [6.07, 6.45) is 4.76. The number of ether oxygens (including phenoxy) is 2. The van der Waals surface area contributed by atoms with E-state index in [4.69, 9.17) is 9.47 Å². The highest BCUT2D eigenvalue weighted by Gasteiger charge is 2.13. The molecule has 0 radical (unpaired) electrons. The van der Waals surface area contributed by atoms with Crippen molar-refractivity contribution in [3.05, 3.63) is 66.6 Å². The lowest BCUT2D eigenvalue weighted by Gasteiger charge is -2.08. The highest BCUT2D eigenvalue weighted by molar-refractivity contribution is 6.03. The summed E-state index contributed by atoms with van der Waals surface area (Å²) >= 11 is 0. The first-order chi connectivity index (χ1) is 12.3. The summed E-state index contributed by atoms with van der Waals surface area (Å²) in [7, 11) is 0. The van der Waals surface area contributed by atoms with Gasteiger partial charge in [0.1, 0.15) is 5.82 Å². The average molecular weight is 334 g/mol. The van der Waals surface area contributed by atoms with E-state index in [9.17, 15) is 4.79 Å². The van der Waals surface area contributed by atoms with Gasteiger partial charge < -0.3 is 20.1 Å². The van der Waals surface area contributed by atoms with Gasteiger partial charge in [-0.15, -0.1) is 0 Å². The molecule has 1 aliphatic heterocycles. The van der Waals surface area contributed by atoms with Gasteiger partial charge in [-0.1, -0.05) is 0 Å². The fourth-order valence-electron chi connectivity index (χ4n) is 2.37. The van der Waals surface area contributed by atoms with Crippen molar-refractivity contribution < 1.29 is 14.3 Å². The molecule has 0 unspecified atom stereocenters. The Hall–Kier alpha value is -3.61. The normalized spacial score (nSPS) is 11.8. The Morgan fingerprint density at radius 2 is 1.88 bits per heavy atom. The molecule has 0 saturated heterocycles. The molecular formula is C18H14N4O3. The lowest BCUT2D eigenvalue weighted by atomic mass is 10.2. The minimum atomic E-state index is -0.253. The number of fused-ring (bicyclic) bond motifs is 1. The summed E-state index contributed by atoms with van der Waals surface area (Å²) in [4.78, 5) is 20.2. The van der Waals surface area contributed by atoms with E-state index in [2.05, 4.69) is 20.6 Å². The van der Waals surface area contributed by atoms with E-state index in [1.807, 2.05) is 24.3 Å². The minimum Gasteiger partial charge on any atom is -0.454 e. The van der Waals surface area contributed by atoms with E-state index in [1.54, 1.807) is 30.6 Å². The maximum Gasteiger partial charge on any atom is 0.258 e. The van der Waals surface area contributed by atoms with Crippen LogP contribution in [-0.2, 0) is 0 Å². The highest BCUT2D eigenvalue weighted by Crippen LogP contribution is 2.35. The van der Waals surface area contributed by atoms with Gasteiger partial charge in [-0.2, -0.15) is 0 Å². The fraction of sp³-hybridized carbons (Fsp3) is 0.0556. The maximum atomic E-state index is 12.1.